The van der Waals surface area contributed by atoms with Gasteiger partial charge in [-0.05, 0) is 55.2 Å². The van der Waals surface area contributed by atoms with Crippen molar-refractivity contribution in [2.24, 2.45) is 5.41 Å². The van der Waals surface area contributed by atoms with Crippen LogP contribution in [-0.4, -0.2) is 36.9 Å². The maximum absolute atomic E-state index is 6.44. The Hall–Kier alpha value is -3.52. The molecule has 0 saturated heterocycles. The fraction of sp³-hybridized carbons (Fsp3) is 0.360. The minimum Gasteiger partial charge on any atom is -0.493 e. The van der Waals surface area contributed by atoms with Gasteiger partial charge in [0, 0.05) is 36.4 Å². The highest BCUT2D eigenvalue weighted by Crippen LogP contribution is 2.48. The van der Waals surface area contributed by atoms with Crippen molar-refractivity contribution < 1.29 is 14.2 Å². The Morgan fingerprint density at radius 2 is 1.76 bits per heavy atom. The zero-order valence-corrected chi connectivity index (χ0v) is 19.1. The van der Waals surface area contributed by atoms with Crippen LogP contribution >= 0.6 is 0 Å². The van der Waals surface area contributed by atoms with E-state index in [2.05, 4.69) is 9.97 Å². The zero-order valence-electron chi connectivity index (χ0n) is 19.1. The van der Waals surface area contributed by atoms with Gasteiger partial charge in [0.15, 0.2) is 0 Å². The molecule has 1 saturated carbocycles. The molecule has 4 rings (SSSR count). The minimum atomic E-state index is 0.0682. The van der Waals surface area contributed by atoms with Gasteiger partial charge in [0.2, 0.25) is 5.95 Å². The highest BCUT2D eigenvalue weighted by atomic mass is 16.5. The van der Waals surface area contributed by atoms with Crippen molar-refractivity contribution >= 4 is 17.5 Å². The van der Waals surface area contributed by atoms with E-state index < -0.39 is 0 Å². The number of anilines is 3. The molecule has 6 N–H and O–H groups in total. The average Bonchev–Trinajstić information content (AvgIpc) is 3.54. The first-order chi connectivity index (χ1) is 15.9. The molecule has 0 atom stereocenters. The van der Waals surface area contributed by atoms with Gasteiger partial charge >= 0.3 is 0 Å². The monoisotopic (exact) mass is 449 g/mol. The predicted molar refractivity (Wildman–Crippen MR) is 130 cm³/mol. The van der Waals surface area contributed by atoms with Gasteiger partial charge in [-0.25, -0.2) is 4.98 Å². The number of nitrogen functional groups attached to an aromatic ring is 3. The lowest BCUT2D eigenvalue weighted by Crippen LogP contribution is -2.19. The fourth-order valence-corrected chi connectivity index (χ4v) is 3.94. The first kappa shape index (κ1) is 22.7. The highest BCUT2D eigenvalue weighted by Gasteiger charge is 2.43. The molecular weight excluding hydrogens is 418 g/mol. The summed E-state index contributed by atoms with van der Waals surface area (Å²) in [6, 6.07) is 11.8. The lowest BCUT2D eigenvalue weighted by atomic mass is 9.98. The largest absolute Gasteiger partial charge is 0.493 e. The third kappa shape index (κ3) is 5.28. The molecule has 1 aliphatic carbocycles. The van der Waals surface area contributed by atoms with Crippen molar-refractivity contribution in [2.45, 2.75) is 26.2 Å². The third-order valence-corrected chi connectivity index (χ3v) is 5.85. The molecule has 1 aliphatic rings. The van der Waals surface area contributed by atoms with Crippen LogP contribution in [0.4, 0.5) is 17.5 Å². The number of aromatic nitrogens is 2. The van der Waals surface area contributed by atoms with Crippen LogP contribution in [0.2, 0.25) is 0 Å². The summed E-state index contributed by atoms with van der Waals surface area (Å²) in [5, 5.41) is 0. The lowest BCUT2D eigenvalue weighted by Gasteiger charge is -2.21. The van der Waals surface area contributed by atoms with Gasteiger partial charge in [0.1, 0.15) is 17.3 Å². The number of benzene rings is 2. The summed E-state index contributed by atoms with van der Waals surface area (Å²) in [7, 11) is 1.73. The van der Waals surface area contributed by atoms with Gasteiger partial charge in [0.05, 0.1) is 25.4 Å². The van der Waals surface area contributed by atoms with E-state index in [1.807, 2.05) is 43.3 Å². The lowest BCUT2D eigenvalue weighted by molar-refractivity contribution is 0.104. The summed E-state index contributed by atoms with van der Waals surface area (Å²) in [5.74, 6) is 1.97. The van der Waals surface area contributed by atoms with Crippen LogP contribution in [0.15, 0.2) is 42.6 Å². The summed E-state index contributed by atoms with van der Waals surface area (Å²) in [5.41, 5.74) is 22.1. The molecule has 0 amide bonds. The van der Waals surface area contributed by atoms with Gasteiger partial charge in [0.25, 0.3) is 0 Å². The summed E-state index contributed by atoms with van der Waals surface area (Å²) in [6.07, 6.45) is 4.35. The summed E-state index contributed by atoms with van der Waals surface area (Å²) in [6.45, 7) is 3.72. The quantitative estimate of drug-likeness (QED) is 0.399. The predicted octanol–water partition coefficient (Wildman–Crippen LogP) is 3.69. The molecule has 1 fully saturated rings. The summed E-state index contributed by atoms with van der Waals surface area (Å²) in [4.78, 5) is 8.16. The fourth-order valence-electron chi connectivity index (χ4n) is 3.94. The summed E-state index contributed by atoms with van der Waals surface area (Å²) >= 11 is 0. The Morgan fingerprint density at radius 3 is 2.39 bits per heavy atom. The molecular formula is C25H31N5O3. The van der Waals surface area contributed by atoms with Gasteiger partial charge in [-0.2, -0.15) is 4.98 Å². The van der Waals surface area contributed by atoms with E-state index in [0.717, 1.165) is 46.6 Å². The molecule has 1 aromatic heterocycles. The molecule has 0 spiro atoms. The highest BCUT2D eigenvalue weighted by molar-refractivity contribution is 5.79. The van der Waals surface area contributed by atoms with Gasteiger partial charge in [-0.3, -0.25) is 0 Å². The van der Waals surface area contributed by atoms with Crippen LogP contribution in [-0.2, 0) is 11.2 Å². The number of methoxy groups -OCH3 is 1. The molecule has 3 aromatic rings. The number of hydrogen-bond acceptors (Lipinski definition) is 8. The number of nitrogens with two attached hydrogens (primary N) is 3. The Labute approximate surface area is 194 Å². The van der Waals surface area contributed by atoms with E-state index in [0.29, 0.717) is 37.7 Å². The smallest absolute Gasteiger partial charge is 0.221 e. The van der Waals surface area contributed by atoms with Crippen molar-refractivity contribution in [1.29, 1.82) is 0 Å². The summed E-state index contributed by atoms with van der Waals surface area (Å²) < 4.78 is 17.9. The number of ether oxygens (including phenoxy) is 3. The van der Waals surface area contributed by atoms with E-state index in [1.165, 1.54) is 0 Å². The maximum Gasteiger partial charge on any atom is 0.221 e. The molecule has 0 aliphatic heterocycles. The van der Waals surface area contributed by atoms with Gasteiger partial charge in [-0.1, -0.05) is 12.1 Å². The number of nitrogens with zero attached hydrogens (tertiary/aromatic N) is 2. The van der Waals surface area contributed by atoms with Crippen molar-refractivity contribution in [3.05, 3.63) is 53.7 Å². The van der Waals surface area contributed by atoms with E-state index in [-0.39, 0.29) is 11.4 Å². The van der Waals surface area contributed by atoms with Crippen molar-refractivity contribution in [2.75, 3.05) is 44.1 Å². The Kier molecular flexibility index (Phi) is 6.55. The molecule has 33 heavy (non-hydrogen) atoms. The number of rotatable bonds is 10. The van der Waals surface area contributed by atoms with E-state index in [1.54, 1.807) is 13.3 Å². The van der Waals surface area contributed by atoms with E-state index in [4.69, 9.17) is 31.4 Å². The van der Waals surface area contributed by atoms with Crippen LogP contribution in [0, 0.1) is 5.41 Å². The number of hydrogen-bond donors (Lipinski definition) is 3. The maximum atomic E-state index is 6.44. The van der Waals surface area contributed by atoms with Crippen LogP contribution in [0.5, 0.6) is 11.5 Å². The van der Waals surface area contributed by atoms with Gasteiger partial charge in [-0.15, -0.1) is 0 Å². The molecule has 0 unspecified atom stereocenters. The molecule has 0 radical (unpaired) electrons. The molecule has 2 aromatic carbocycles. The van der Waals surface area contributed by atoms with Crippen molar-refractivity contribution in [3.8, 4) is 22.6 Å². The van der Waals surface area contributed by atoms with Crippen LogP contribution in [0.1, 0.15) is 30.9 Å². The standard InChI is InChI=1S/C25H31N5O3/c1-3-32-20-10-16(9-18-13-29-24(28)30-23(18)27)11-21(33-15-25(7-8-25)14-31-2)22(20)17-5-4-6-19(26)12-17/h4-6,10-13H,3,7-9,14-15,26H2,1-2H3,(H4,27,28,29,30). The van der Waals surface area contributed by atoms with Crippen LogP contribution in [0.3, 0.4) is 0 Å². The second-order valence-corrected chi connectivity index (χ2v) is 8.56. The molecule has 0 bridgehead atoms. The molecule has 8 nitrogen and oxygen atoms in total. The van der Waals surface area contributed by atoms with Crippen molar-refractivity contribution in [3.63, 3.8) is 0 Å². The normalized spacial score (nSPS) is 14.1. The Balaban J connectivity index is 1.76. The first-order valence-electron chi connectivity index (χ1n) is 11.1. The topological polar surface area (TPSA) is 132 Å². The third-order valence-electron chi connectivity index (χ3n) is 5.85. The molecule has 8 heteroatoms. The second kappa shape index (κ2) is 9.54. The van der Waals surface area contributed by atoms with E-state index in [9.17, 15) is 0 Å². The second-order valence-electron chi connectivity index (χ2n) is 8.56. The Morgan fingerprint density at radius 1 is 1.00 bits per heavy atom. The SMILES string of the molecule is CCOc1cc(Cc2cnc(N)nc2N)cc(OCC2(COC)CC2)c1-c1cccc(N)c1. The van der Waals surface area contributed by atoms with Crippen LogP contribution in [0.25, 0.3) is 11.1 Å². The van der Waals surface area contributed by atoms with E-state index >= 15 is 0 Å². The first-order valence-corrected chi connectivity index (χ1v) is 11.1. The average molecular weight is 450 g/mol. The molecule has 1 heterocycles. The zero-order chi connectivity index (χ0) is 23.4. The molecule has 174 valence electrons. The Bertz CT molecular complexity index is 1130. The van der Waals surface area contributed by atoms with Crippen molar-refractivity contribution in [1.82, 2.24) is 9.97 Å². The minimum absolute atomic E-state index is 0.0682. The van der Waals surface area contributed by atoms with Crippen LogP contribution < -0.4 is 26.7 Å². The van der Waals surface area contributed by atoms with Gasteiger partial charge < -0.3 is 31.4 Å².